The van der Waals surface area contributed by atoms with E-state index in [0.717, 1.165) is 24.0 Å². The Morgan fingerprint density at radius 2 is 1.80 bits per heavy atom. The number of hydrogen-bond donors (Lipinski definition) is 1. The summed E-state index contributed by atoms with van der Waals surface area (Å²) in [5, 5.41) is 0. The van der Waals surface area contributed by atoms with Crippen LogP contribution >= 0.6 is 0 Å². The standard InChI is InChI=1S/C15H22N4O/c1-20-13-10-9-12-14(18-13)19(15(16)17-12)11-7-5-3-2-4-6-8-11/h9-11H,2-8H2,1H3,(H2,16,17). The molecule has 0 spiro atoms. The van der Waals surface area contributed by atoms with Crippen molar-refractivity contribution in [3.63, 3.8) is 0 Å². The van der Waals surface area contributed by atoms with Crippen LogP contribution in [0.5, 0.6) is 5.88 Å². The smallest absolute Gasteiger partial charge is 0.215 e. The molecule has 5 nitrogen and oxygen atoms in total. The molecule has 0 unspecified atom stereocenters. The zero-order valence-corrected chi connectivity index (χ0v) is 12.0. The van der Waals surface area contributed by atoms with Gasteiger partial charge in [0, 0.05) is 12.1 Å². The van der Waals surface area contributed by atoms with Gasteiger partial charge in [-0.1, -0.05) is 32.1 Å². The minimum absolute atomic E-state index is 0.417. The molecular formula is C15H22N4O. The van der Waals surface area contributed by atoms with E-state index in [4.69, 9.17) is 10.5 Å². The van der Waals surface area contributed by atoms with Crippen LogP contribution in [0, 0.1) is 0 Å². The molecule has 108 valence electrons. The number of imidazole rings is 1. The van der Waals surface area contributed by atoms with E-state index in [-0.39, 0.29) is 0 Å². The number of anilines is 1. The minimum Gasteiger partial charge on any atom is -0.481 e. The van der Waals surface area contributed by atoms with Gasteiger partial charge in [0.05, 0.1) is 7.11 Å². The zero-order chi connectivity index (χ0) is 13.9. The van der Waals surface area contributed by atoms with E-state index in [1.54, 1.807) is 7.11 Å². The summed E-state index contributed by atoms with van der Waals surface area (Å²) in [4.78, 5) is 8.98. The highest BCUT2D eigenvalue weighted by atomic mass is 16.5. The second kappa shape index (κ2) is 5.69. The predicted molar refractivity (Wildman–Crippen MR) is 79.8 cm³/mol. The Kier molecular flexibility index (Phi) is 3.76. The molecule has 3 rings (SSSR count). The van der Waals surface area contributed by atoms with Crippen molar-refractivity contribution in [2.45, 2.75) is 51.0 Å². The summed E-state index contributed by atoms with van der Waals surface area (Å²) in [6, 6.07) is 4.17. The summed E-state index contributed by atoms with van der Waals surface area (Å²) in [5.74, 6) is 1.19. The summed E-state index contributed by atoms with van der Waals surface area (Å²) in [7, 11) is 1.63. The van der Waals surface area contributed by atoms with E-state index in [2.05, 4.69) is 14.5 Å². The van der Waals surface area contributed by atoms with Crippen molar-refractivity contribution in [3.8, 4) is 5.88 Å². The van der Waals surface area contributed by atoms with Gasteiger partial charge in [-0.2, -0.15) is 4.98 Å². The van der Waals surface area contributed by atoms with Gasteiger partial charge in [0.25, 0.3) is 0 Å². The van der Waals surface area contributed by atoms with Crippen LogP contribution in [0.15, 0.2) is 12.1 Å². The lowest BCUT2D eigenvalue weighted by Gasteiger charge is -2.22. The lowest BCUT2D eigenvalue weighted by Crippen LogP contribution is -2.14. The van der Waals surface area contributed by atoms with Crippen LogP contribution in [0.3, 0.4) is 0 Å². The second-order valence-corrected chi connectivity index (χ2v) is 5.54. The number of pyridine rings is 1. The fourth-order valence-electron chi connectivity index (χ4n) is 3.14. The van der Waals surface area contributed by atoms with E-state index in [1.165, 1.54) is 32.1 Å². The van der Waals surface area contributed by atoms with E-state index >= 15 is 0 Å². The molecule has 1 saturated carbocycles. The first-order valence-electron chi connectivity index (χ1n) is 7.48. The Bertz CT molecular complexity index is 585. The first-order chi connectivity index (χ1) is 9.79. The van der Waals surface area contributed by atoms with E-state index in [0.29, 0.717) is 17.9 Å². The monoisotopic (exact) mass is 274 g/mol. The highest BCUT2D eigenvalue weighted by molar-refractivity contribution is 5.75. The minimum atomic E-state index is 0.417. The molecule has 0 amide bonds. The normalized spacial score (nSPS) is 17.9. The van der Waals surface area contributed by atoms with Crippen molar-refractivity contribution in [1.82, 2.24) is 14.5 Å². The van der Waals surface area contributed by atoms with Gasteiger partial charge in [-0.05, 0) is 18.9 Å². The molecule has 0 aliphatic heterocycles. The number of methoxy groups -OCH3 is 1. The van der Waals surface area contributed by atoms with Crippen LogP contribution in [-0.2, 0) is 0 Å². The molecule has 0 radical (unpaired) electrons. The van der Waals surface area contributed by atoms with Crippen LogP contribution in [-0.4, -0.2) is 21.6 Å². The Balaban J connectivity index is 2.01. The van der Waals surface area contributed by atoms with Gasteiger partial charge in [-0.3, -0.25) is 4.57 Å². The van der Waals surface area contributed by atoms with Crippen LogP contribution < -0.4 is 10.5 Å². The molecule has 1 aliphatic carbocycles. The number of rotatable bonds is 2. The third kappa shape index (κ3) is 2.44. The highest BCUT2D eigenvalue weighted by Crippen LogP contribution is 2.31. The lowest BCUT2D eigenvalue weighted by molar-refractivity contribution is 0.377. The van der Waals surface area contributed by atoms with Crippen molar-refractivity contribution in [2.75, 3.05) is 12.8 Å². The number of aromatic nitrogens is 3. The molecule has 1 fully saturated rings. The van der Waals surface area contributed by atoms with Gasteiger partial charge in [-0.15, -0.1) is 0 Å². The van der Waals surface area contributed by atoms with E-state index in [9.17, 15) is 0 Å². The van der Waals surface area contributed by atoms with Crippen molar-refractivity contribution in [3.05, 3.63) is 12.1 Å². The molecule has 2 N–H and O–H groups in total. The van der Waals surface area contributed by atoms with E-state index in [1.807, 2.05) is 12.1 Å². The van der Waals surface area contributed by atoms with Crippen molar-refractivity contribution in [2.24, 2.45) is 0 Å². The third-order valence-electron chi connectivity index (χ3n) is 4.19. The van der Waals surface area contributed by atoms with Crippen LogP contribution in [0.1, 0.15) is 51.0 Å². The second-order valence-electron chi connectivity index (χ2n) is 5.54. The molecule has 2 aromatic heterocycles. The molecule has 5 heteroatoms. The number of ether oxygens (including phenoxy) is 1. The number of nitrogens with two attached hydrogens (primary N) is 1. The van der Waals surface area contributed by atoms with Gasteiger partial charge in [0.1, 0.15) is 5.52 Å². The number of nitrogen functional groups attached to an aromatic ring is 1. The zero-order valence-electron chi connectivity index (χ0n) is 12.0. The molecule has 1 aliphatic rings. The first kappa shape index (κ1) is 13.2. The topological polar surface area (TPSA) is 66.0 Å². The van der Waals surface area contributed by atoms with Gasteiger partial charge >= 0.3 is 0 Å². The number of hydrogen-bond acceptors (Lipinski definition) is 4. The third-order valence-corrected chi connectivity index (χ3v) is 4.19. The molecule has 0 atom stereocenters. The first-order valence-corrected chi connectivity index (χ1v) is 7.48. The predicted octanol–water partition coefficient (Wildman–Crippen LogP) is 3.31. The molecule has 2 aromatic rings. The SMILES string of the molecule is COc1ccc2nc(N)n(C3CCCCCCC3)c2n1. The maximum atomic E-state index is 6.14. The molecule has 0 aromatic carbocycles. The van der Waals surface area contributed by atoms with Gasteiger partial charge in [0.2, 0.25) is 11.8 Å². The molecule has 0 saturated heterocycles. The summed E-state index contributed by atoms with van der Waals surface area (Å²) in [6.45, 7) is 0. The molecule has 20 heavy (non-hydrogen) atoms. The largest absolute Gasteiger partial charge is 0.481 e. The summed E-state index contributed by atoms with van der Waals surface area (Å²) >= 11 is 0. The van der Waals surface area contributed by atoms with Gasteiger partial charge in [0.15, 0.2) is 5.65 Å². The summed E-state index contributed by atoms with van der Waals surface area (Å²) in [6.07, 6.45) is 8.84. The van der Waals surface area contributed by atoms with Gasteiger partial charge < -0.3 is 10.5 Å². The lowest BCUT2D eigenvalue weighted by atomic mass is 9.96. The average Bonchev–Trinajstić information content (AvgIpc) is 2.74. The van der Waals surface area contributed by atoms with Crippen molar-refractivity contribution in [1.29, 1.82) is 0 Å². The number of fused-ring (bicyclic) bond motifs is 1. The molecule has 0 bridgehead atoms. The fourth-order valence-corrected chi connectivity index (χ4v) is 3.14. The average molecular weight is 274 g/mol. The van der Waals surface area contributed by atoms with Crippen LogP contribution in [0.2, 0.25) is 0 Å². The quantitative estimate of drug-likeness (QED) is 0.912. The fraction of sp³-hybridized carbons (Fsp3) is 0.600. The Morgan fingerprint density at radius 1 is 1.10 bits per heavy atom. The Labute approximate surface area is 119 Å². The highest BCUT2D eigenvalue weighted by Gasteiger charge is 2.20. The van der Waals surface area contributed by atoms with Crippen molar-refractivity contribution >= 4 is 17.1 Å². The molecule has 2 heterocycles. The van der Waals surface area contributed by atoms with E-state index < -0.39 is 0 Å². The summed E-state index contributed by atoms with van der Waals surface area (Å²) < 4.78 is 7.34. The Morgan fingerprint density at radius 3 is 2.50 bits per heavy atom. The van der Waals surface area contributed by atoms with Crippen molar-refractivity contribution < 1.29 is 4.74 Å². The Hall–Kier alpha value is -1.78. The number of nitrogens with zero attached hydrogens (tertiary/aromatic N) is 3. The molecular weight excluding hydrogens is 252 g/mol. The van der Waals surface area contributed by atoms with Crippen LogP contribution in [0.4, 0.5) is 5.95 Å². The summed E-state index contributed by atoms with van der Waals surface area (Å²) in [5.41, 5.74) is 7.84. The van der Waals surface area contributed by atoms with Crippen LogP contribution in [0.25, 0.3) is 11.2 Å². The van der Waals surface area contributed by atoms with Gasteiger partial charge in [-0.25, -0.2) is 4.98 Å². The maximum Gasteiger partial charge on any atom is 0.215 e. The maximum absolute atomic E-state index is 6.14.